The number of nitriles is 1. The predicted molar refractivity (Wildman–Crippen MR) is 94.4 cm³/mol. The van der Waals surface area contributed by atoms with E-state index in [0.717, 1.165) is 5.56 Å². The van der Waals surface area contributed by atoms with Gasteiger partial charge in [0.25, 0.3) is 5.56 Å². The standard InChI is InChI=1S/C18H13N3O3S/c19-9-12-4-3-5-13(8-12)11-25-18-20-15-7-2-1-6-14(15)17(24)21(18)10-16(22)23/h1-8H,10-11H2,(H,22,23). The van der Waals surface area contributed by atoms with Crippen molar-refractivity contribution in [3.05, 3.63) is 70.0 Å². The van der Waals surface area contributed by atoms with Gasteiger partial charge in [-0.15, -0.1) is 0 Å². The average molecular weight is 351 g/mol. The number of rotatable bonds is 5. The molecule has 0 saturated carbocycles. The number of benzene rings is 2. The lowest BCUT2D eigenvalue weighted by Gasteiger charge is -2.11. The van der Waals surface area contributed by atoms with Gasteiger partial charge < -0.3 is 5.11 Å². The molecule has 1 heterocycles. The summed E-state index contributed by atoms with van der Waals surface area (Å²) >= 11 is 1.27. The number of thioether (sulfide) groups is 1. The zero-order valence-electron chi connectivity index (χ0n) is 13.0. The van der Waals surface area contributed by atoms with Crippen molar-refractivity contribution in [1.29, 1.82) is 5.26 Å². The molecule has 0 bridgehead atoms. The molecule has 0 aliphatic heterocycles. The fourth-order valence-electron chi connectivity index (χ4n) is 2.41. The third-order valence-electron chi connectivity index (χ3n) is 3.54. The van der Waals surface area contributed by atoms with Crippen LogP contribution in [0.2, 0.25) is 0 Å². The highest BCUT2D eigenvalue weighted by molar-refractivity contribution is 7.98. The number of nitrogens with zero attached hydrogens (tertiary/aromatic N) is 3. The average Bonchev–Trinajstić information content (AvgIpc) is 2.62. The Morgan fingerprint density at radius 2 is 2.04 bits per heavy atom. The van der Waals surface area contributed by atoms with Gasteiger partial charge in [0.15, 0.2) is 5.16 Å². The van der Waals surface area contributed by atoms with Crippen molar-refractivity contribution in [1.82, 2.24) is 9.55 Å². The van der Waals surface area contributed by atoms with Gasteiger partial charge in [-0.3, -0.25) is 14.2 Å². The van der Waals surface area contributed by atoms with Crippen LogP contribution in [0.1, 0.15) is 11.1 Å². The van der Waals surface area contributed by atoms with Crippen molar-refractivity contribution < 1.29 is 9.90 Å². The largest absolute Gasteiger partial charge is 0.480 e. The summed E-state index contributed by atoms with van der Waals surface area (Å²) in [4.78, 5) is 28.2. The molecule has 6 nitrogen and oxygen atoms in total. The van der Waals surface area contributed by atoms with E-state index in [2.05, 4.69) is 11.1 Å². The van der Waals surface area contributed by atoms with Crippen LogP contribution in [0.4, 0.5) is 0 Å². The Kier molecular flexibility index (Phi) is 4.82. The lowest BCUT2D eigenvalue weighted by molar-refractivity contribution is -0.137. The fraction of sp³-hybridized carbons (Fsp3) is 0.111. The third-order valence-corrected chi connectivity index (χ3v) is 4.59. The number of carbonyl (C=O) groups is 1. The van der Waals surface area contributed by atoms with Gasteiger partial charge in [0.1, 0.15) is 6.54 Å². The molecule has 0 radical (unpaired) electrons. The van der Waals surface area contributed by atoms with Gasteiger partial charge in [-0.25, -0.2) is 4.98 Å². The summed E-state index contributed by atoms with van der Waals surface area (Å²) in [5, 5.41) is 18.8. The van der Waals surface area contributed by atoms with E-state index in [1.165, 1.54) is 16.3 Å². The number of carboxylic acids is 1. The molecule has 1 aromatic heterocycles. The molecule has 0 amide bonds. The Labute approximate surface area is 147 Å². The first-order valence-electron chi connectivity index (χ1n) is 7.41. The van der Waals surface area contributed by atoms with Gasteiger partial charge in [-0.05, 0) is 29.8 Å². The lowest BCUT2D eigenvalue weighted by atomic mass is 10.2. The van der Waals surface area contributed by atoms with Gasteiger partial charge >= 0.3 is 5.97 Å². The summed E-state index contributed by atoms with van der Waals surface area (Å²) in [6, 6.07) is 16.1. The van der Waals surface area contributed by atoms with E-state index in [4.69, 9.17) is 10.4 Å². The van der Waals surface area contributed by atoms with E-state index < -0.39 is 12.5 Å². The first-order valence-corrected chi connectivity index (χ1v) is 8.40. The molecule has 3 aromatic rings. The highest BCUT2D eigenvalue weighted by Gasteiger charge is 2.14. The monoisotopic (exact) mass is 351 g/mol. The van der Waals surface area contributed by atoms with Crippen molar-refractivity contribution in [2.24, 2.45) is 0 Å². The van der Waals surface area contributed by atoms with E-state index in [1.807, 2.05) is 6.07 Å². The van der Waals surface area contributed by atoms with Gasteiger partial charge in [-0.1, -0.05) is 36.0 Å². The van der Waals surface area contributed by atoms with E-state index in [1.54, 1.807) is 42.5 Å². The molecule has 0 aliphatic rings. The summed E-state index contributed by atoms with van der Waals surface area (Å²) < 4.78 is 1.17. The highest BCUT2D eigenvalue weighted by Crippen LogP contribution is 2.22. The fourth-order valence-corrected chi connectivity index (χ4v) is 3.35. The first kappa shape index (κ1) is 16.7. The minimum atomic E-state index is -1.10. The van der Waals surface area contributed by atoms with E-state index in [0.29, 0.717) is 27.4 Å². The van der Waals surface area contributed by atoms with Crippen LogP contribution in [0.25, 0.3) is 10.9 Å². The molecule has 25 heavy (non-hydrogen) atoms. The SMILES string of the molecule is N#Cc1cccc(CSc2nc3ccccc3c(=O)n2CC(=O)O)c1. The third kappa shape index (κ3) is 3.70. The van der Waals surface area contributed by atoms with Gasteiger partial charge in [0.2, 0.25) is 0 Å². The Morgan fingerprint density at radius 3 is 2.80 bits per heavy atom. The number of hydrogen-bond donors (Lipinski definition) is 1. The first-order chi connectivity index (χ1) is 12.1. The second-order valence-corrected chi connectivity index (χ2v) is 6.24. The minimum Gasteiger partial charge on any atom is -0.480 e. The van der Waals surface area contributed by atoms with Crippen LogP contribution in [0.5, 0.6) is 0 Å². The quantitative estimate of drug-likeness (QED) is 0.561. The summed E-state index contributed by atoms with van der Waals surface area (Å²) in [5.74, 6) is -0.632. The predicted octanol–water partition coefficient (Wildman–Crippen LogP) is 2.65. The molecule has 1 N–H and O–H groups in total. The number of para-hydroxylation sites is 1. The number of fused-ring (bicyclic) bond motifs is 1. The summed E-state index contributed by atoms with van der Waals surface area (Å²) in [6.07, 6.45) is 0. The molecule has 2 aromatic carbocycles. The second kappa shape index (κ2) is 7.20. The summed E-state index contributed by atoms with van der Waals surface area (Å²) in [7, 11) is 0. The molecule has 0 fully saturated rings. The molecule has 0 saturated heterocycles. The number of carboxylic acid groups (broad SMARTS) is 1. The van der Waals surface area contributed by atoms with E-state index >= 15 is 0 Å². The van der Waals surface area contributed by atoms with Crippen molar-refractivity contribution in [2.45, 2.75) is 17.5 Å². The Hall–Kier alpha value is -3.11. The number of aliphatic carboxylic acids is 1. The maximum atomic E-state index is 12.6. The zero-order valence-corrected chi connectivity index (χ0v) is 13.9. The summed E-state index contributed by atoms with van der Waals surface area (Å²) in [6.45, 7) is -0.447. The van der Waals surface area contributed by atoms with E-state index in [-0.39, 0.29) is 5.56 Å². The molecule has 124 valence electrons. The van der Waals surface area contributed by atoms with Crippen LogP contribution in [-0.4, -0.2) is 20.6 Å². The molecular formula is C18H13N3O3S. The molecular weight excluding hydrogens is 338 g/mol. The van der Waals surface area contributed by atoms with Crippen molar-refractivity contribution in [3.8, 4) is 6.07 Å². The minimum absolute atomic E-state index is 0.341. The van der Waals surface area contributed by atoms with Crippen LogP contribution in [0.15, 0.2) is 58.5 Å². The number of aromatic nitrogens is 2. The van der Waals surface area contributed by atoms with Crippen LogP contribution < -0.4 is 5.56 Å². The topological polar surface area (TPSA) is 96.0 Å². The molecule has 3 rings (SSSR count). The summed E-state index contributed by atoms with van der Waals surface area (Å²) in [5.41, 5.74) is 1.60. The lowest BCUT2D eigenvalue weighted by Crippen LogP contribution is -2.26. The van der Waals surface area contributed by atoms with Crippen molar-refractivity contribution in [2.75, 3.05) is 0 Å². The Morgan fingerprint density at radius 1 is 1.24 bits per heavy atom. The van der Waals surface area contributed by atoms with Crippen molar-refractivity contribution in [3.63, 3.8) is 0 Å². The van der Waals surface area contributed by atoms with Gasteiger partial charge in [0.05, 0.1) is 22.5 Å². The maximum Gasteiger partial charge on any atom is 0.323 e. The smallest absolute Gasteiger partial charge is 0.323 e. The maximum absolute atomic E-state index is 12.6. The molecule has 0 spiro atoms. The molecule has 0 unspecified atom stereocenters. The molecule has 0 atom stereocenters. The van der Waals surface area contributed by atoms with Crippen LogP contribution in [0, 0.1) is 11.3 Å². The van der Waals surface area contributed by atoms with Gasteiger partial charge in [0, 0.05) is 5.75 Å². The van der Waals surface area contributed by atoms with Crippen LogP contribution >= 0.6 is 11.8 Å². The second-order valence-electron chi connectivity index (χ2n) is 5.30. The normalized spacial score (nSPS) is 10.5. The zero-order chi connectivity index (χ0) is 17.8. The van der Waals surface area contributed by atoms with Crippen LogP contribution in [-0.2, 0) is 17.1 Å². The van der Waals surface area contributed by atoms with E-state index in [9.17, 15) is 9.59 Å². The highest BCUT2D eigenvalue weighted by atomic mass is 32.2. The molecule has 7 heteroatoms. The molecule has 0 aliphatic carbocycles. The number of hydrogen-bond acceptors (Lipinski definition) is 5. The van der Waals surface area contributed by atoms with Gasteiger partial charge in [-0.2, -0.15) is 5.26 Å². The Bertz CT molecular complexity index is 1050. The Balaban J connectivity index is 2.00. The van der Waals surface area contributed by atoms with Crippen molar-refractivity contribution >= 4 is 28.6 Å². The van der Waals surface area contributed by atoms with Crippen LogP contribution in [0.3, 0.4) is 0 Å².